The van der Waals surface area contributed by atoms with Crippen molar-refractivity contribution < 1.29 is 4.79 Å². The maximum atomic E-state index is 13.1. The summed E-state index contributed by atoms with van der Waals surface area (Å²) >= 11 is 6.54. The zero-order valence-corrected chi connectivity index (χ0v) is 18.7. The minimum Gasteiger partial charge on any atom is -0.359 e. The van der Waals surface area contributed by atoms with E-state index in [2.05, 4.69) is 18.9 Å². The number of anilines is 1. The molecule has 2 aromatic carbocycles. The number of rotatable bonds is 6. The van der Waals surface area contributed by atoms with Crippen LogP contribution < -0.4 is 4.90 Å². The lowest BCUT2D eigenvalue weighted by atomic mass is 10.0. The second kappa shape index (κ2) is 9.48. The lowest BCUT2D eigenvalue weighted by Gasteiger charge is -2.33. The first-order chi connectivity index (χ1) is 15.1. The zero-order chi connectivity index (χ0) is 21.8. The molecule has 4 rings (SSSR count). The quantitative estimate of drug-likeness (QED) is 0.520. The van der Waals surface area contributed by atoms with Crippen LogP contribution in [0.4, 0.5) is 5.82 Å². The van der Waals surface area contributed by atoms with Crippen molar-refractivity contribution in [2.24, 2.45) is 0 Å². The normalized spacial score (nSPS) is 14.1. The maximum Gasteiger partial charge on any atom is 0.245 e. The van der Waals surface area contributed by atoms with Gasteiger partial charge in [0, 0.05) is 37.7 Å². The molecule has 2 heterocycles. The van der Waals surface area contributed by atoms with E-state index in [0.717, 1.165) is 47.0 Å². The second-order valence-electron chi connectivity index (χ2n) is 7.87. The van der Waals surface area contributed by atoms with Crippen LogP contribution in [0.15, 0.2) is 60.7 Å². The smallest absolute Gasteiger partial charge is 0.245 e. The first kappa shape index (κ1) is 21.3. The molecule has 0 fully saturated rings. The van der Waals surface area contributed by atoms with E-state index in [1.54, 1.807) is 0 Å². The highest BCUT2D eigenvalue weighted by Gasteiger charge is 2.30. The fourth-order valence-electron chi connectivity index (χ4n) is 3.98. The Hall–Kier alpha value is -2.92. The van der Waals surface area contributed by atoms with E-state index < -0.39 is 5.38 Å². The SMILES string of the molecule is CCCN(C)c1nc(-c2ccccc2)nc2c1CN(C(=O)C(Cl)c1ccccc1)CC2. The number of benzene rings is 2. The van der Waals surface area contributed by atoms with Gasteiger partial charge in [-0.3, -0.25) is 4.79 Å². The molecule has 6 heteroatoms. The van der Waals surface area contributed by atoms with Gasteiger partial charge >= 0.3 is 0 Å². The second-order valence-corrected chi connectivity index (χ2v) is 8.30. The number of carbonyl (C=O) groups is 1. The lowest BCUT2D eigenvalue weighted by Crippen LogP contribution is -2.39. The van der Waals surface area contributed by atoms with E-state index >= 15 is 0 Å². The van der Waals surface area contributed by atoms with Crippen LogP contribution in [-0.4, -0.2) is 40.9 Å². The first-order valence-corrected chi connectivity index (χ1v) is 11.2. The number of hydrogen-bond donors (Lipinski definition) is 0. The van der Waals surface area contributed by atoms with E-state index in [0.29, 0.717) is 19.5 Å². The highest BCUT2D eigenvalue weighted by molar-refractivity contribution is 6.30. The summed E-state index contributed by atoms with van der Waals surface area (Å²) < 4.78 is 0. The fraction of sp³-hybridized carbons (Fsp3) is 0.320. The van der Waals surface area contributed by atoms with Crippen molar-refractivity contribution in [3.63, 3.8) is 0 Å². The van der Waals surface area contributed by atoms with Gasteiger partial charge in [-0.1, -0.05) is 67.6 Å². The third-order valence-corrected chi connectivity index (χ3v) is 6.05. The van der Waals surface area contributed by atoms with Crippen LogP contribution in [0.5, 0.6) is 0 Å². The van der Waals surface area contributed by atoms with Crippen molar-refractivity contribution in [3.8, 4) is 11.4 Å². The summed E-state index contributed by atoms with van der Waals surface area (Å²) in [6.45, 7) is 4.11. The van der Waals surface area contributed by atoms with Crippen molar-refractivity contribution in [2.45, 2.75) is 31.7 Å². The van der Waals surface area contributed by atoms with Gasteiger partial charge in [-0.15, -0.1) is 11.6 Å². The predicted octanol–water partition coefficient (Wildman–Crippen LogP) is 4.85. The first-order valence-electron chi connectivity index (χ1n) is 10.7. The van der Waals surface area contributed by atoms with E-state index in [9.17, 15) is 4.79 Å². The predicted molar refractivity (Wildman–Crippen MR) is 125 cm³/mol. The number of amides is 1. The molecule has 1 aliphatic rings. The topological polar surface area (TPSA) is 49.3 Å². The molecule has 0 aliphatic carbocycles. The minimum absolute atomic E-state index is 0.0743. The molecular weight excluding hydrogens is 408 g/mol. The summed E-state index contributed by atoms with van der Waals surface area (Å²) in [5, 5.41) is -0.691. The largest absolute Gasteiger partial charge is 0.359 e. The Kier molecular flexibility index (Phi) is 6.52. The average molecular weight is 435 g/mol. The maximum absolute atomic E-state index is 13.1. The Balaban J connectivity index is 1.66. The zero-order valence-electron chi connectivity index (χ0n) is 18.0. The van der Waals surface area contributed by atoms with Crippen LogP contribution in [0.2, 0.25) is 0 Å². The summed E-state index contributed by atoms with van der Waals surface area (Å²) in [7, 11) is 2.05. The molecule has 5 nitrogen and oxygen atoms in total. The van der Waals surface area contributed by atoms with Gasteiger partial charge in [0.2, 0.25) is 5.91 Å². The summed E-state index contributed by atoms with van der Waals surface area (Å²) in [6.07, 6.45) is 1.70. The molecule has 0 spiro atoms. The standard InChI is InChI=1S/C25H27ClN4O/c1-3-15-29(2)24-20-17-30(25(31)22(26)18-10-6-4-7-11-18)16-14-21(20)27-23(28-24)19-12-8-5-9-13-19/h4-13,22H,3,14-17H2,1-2H3. The summed E-state index contributed by atoms with van der Waals surface area (Å²) in [4.78, 5) is 26.9. The molecule has 1 aromatic heterocycles. The van der Waals surface area contributed by atoms with Crippen LogP contribution >= 0.6 is 11.6 Å². The summed E-state index contributed by atoms with van der Waals surface area (Å²) in [5.41, 5.74) is 3.85. The molecule has 0 bridgehead atoms. The van der Waals surface area contributed by atoms with Crippen molar-refractivity contribution in [1.82, 2.24) is 14.9 Å². The van der Waals surface area contributed by atoms with Gasteiger partial charge in [0.15, 0.2) is 5.82 Å². The van der Waals surface area contributed by atoms with Crippen molar-refractivity contribution in [3.05, 3.63) is 77.5 Å². The Labute approximate surface area is 188 Å². The fourth-order valence-corrected chi connectivity index (χ4v) is 4.27. The number of nitrogens with zero attached hydrogens (tertiary/aromatic N) is 4. The molecule has 0 saturated carbocycles. The van der Waals surface area contributed by atoms with Crippen LogP contribution in [-0.2, 0) is 17.8 Å². The van der Waals surface area contributed by atoms with Crippen molar-refractivity contribution >= 4 is 23.3 Å². The van der Waals surface area contributed by atoms with E-state index in [4.69, 9.17) is 21.6 Å². The molecule has 1 atom stereocenters. The Morgan fingerprint density at radius 2 is 1.77 bits per heavy atom. The molecule has 160 valence electrons. The van der Waals surface area contributed by atoms with Crippen LogP contribution in [0.1, 0.15) is 35.5 Å². The molecule has 1 amide bonds. The Bertz CT molecular complexity index is 1040. The van der Waals surface area contributed by atoms with Crippen molar-refractivity contribution in [1.29, 1.82) is 0 Å². The molecular formula is C25H27ClN4O. The van der Waals surface area contributed by atoms with Crippen LogP contribution in [0.25, 0.3) is 11.4 Å². The number of halogens is 1. The van der Waals surface area contributed by atoms with E-state index in [1.165, 1.54) is 0 Å². The Morgan fingerprint density at radius 3 is 2.45 bits per heavy atom. The number of hydrogen-bond acceptors (Lipinski definition) is 4. The third kappa shape index (κ3) is 4.57. The highest BCUT2D eigenvalue weighted by atomic mass is 35.5. The number of carbonyl (C=O) groups excluding carboxylic acids is 1. The van der Waals surface area contributed by atoms with Gasteiger partial charge in [0.1, 0.15) is 11.2 Å². The number of alkyl halides is 1. The molecule has 0 saturated heterocycles. The molecule has 1 unspecified atom stereocenters. The molecule has 3 aromatic rings. The van der Waals surface area contributed by atoms with E-state index in [1.807, 2.05) is 65.6 Å². The molecule has 31 heavy (non-hydrogen) atoms. The van der Waals surface area contributed by atoms with Crippen LogP contribution in [0.3, 0.4) is 0 Å². The average Bonchev–Trinajstić information content (AvgIpc) is 2.83. The highest BCUT2D eigenvalue weighted by Crippen LogP contribution is 2.31. The minimum atomic E-state index is -0.691. The number of fused-ring (bicyclic) bond motifs is 1. The summed E-state index contributed by atoms with van der Waals surface area (Å²) in [6, 6.07) is 19.6. The monoisotopic (exact) mass is 434 g/mol. The Morgan fingerprint density at radius 1 is 1.10 bits per heavy atom. The van der Waals surface area contributed by atoms with Gasteiger partial charge in [-0.2, -0.15) is 0 Å². The van der Waals surface area contributed by atoms with Gasteiger partial charge in [0.25, 0.3) is 0 Å². The van der Waals surface area contributed by atoms with Gasteiger partial charge in [-0.05, 0) is 12.0 Å². The third-order valence-electron chi connectivity index (χ3n) is 5.61. The van der Waals surface area contributed by atoms with Crippen molar-refractivity contribution in [2.75, 3.05) is 25.0 Å². The summed E-state index contributed by atoms with van der Waals surface area (Å²) in [5.74, 6) is 1.56. The van der Waals surface area contributed by atoms with Gasteiger partial charge in [0.05, 0.1) is 12.2 Å². The molecule has 0 N–H and O–H groups in total. The van der Waals surface area contributed by atoms with Gasteiger partial charge in [-0.25, -0.2) is 9.97 Å². The number of aromatic nitrogens is 2. The van der Waals surface area contributed by atoms with E-state index in [-0.39, 0.29) is 5.91 Å². The van der Waals surface area contributed by atoms with Gasteiger partial charge < -0.3 is 9.80 Å². The van der Waals surface area contributed by atoms with Crippen LogP contribution in [0, 0.1) is 0 Å². The molecule has 1 aliphatic heterocycles. The lowest BCUT2D eigenvalue weighted by molar-refractivity contribution is -0.131. The molecule has 0 radical (unpaired) electrons.